The van der Waals surface area contributed by atoms with Gasteiger partial charge in [0.15, 0.2) is 0 Å². The highest BCUT2D eigenvalue weighted by atomic mass is 32.3. The molecule has 11 heteroatoms. The van der Waals surface area contributed by atoms with Gasteiger partial charge in [0, 0.05) is 19.8 Å². The molecule has 20 heavy (non-hydrogen) atoms. The highest BCUT2D eigenvalue weighted by Gasteiger charge is 2.15. The topological polar surface area (TPSA) is 97.4 Å². The van der Waals surface area contributed by atoms with Crippen LogP contribution in [0.4, 0.5) is 8.68 Å². The van der Waals surface area contributed by atoms with Crippen molar-refractivity contribution in [2.75, 3.05) is 26.4 Å². The fraction of sp³-hybridized carbons (Fsp3) is 0.889. The minimum Gasteiger partial charge on any atom is -0.434 e. The normalized spacial score (nSPS) is 10.7. The van der Waals surface area contributed by atoms with Crippen LogP contribution >= 0.6 is 0 Å². The van der Waals surface area contributed by atoms with Crippen molar-refractivity contribution in [1.82, 2.24) is 0 Å². The van der Waals surface area contributed by atoms with Crippen molar-refractivity contribution in [3.05, 3.63) is 0 Å². The third-order valence-corrected chi connectivity index (χ3v) is 3.49. The zero-order chi connectivity index (χ0) is 16.0. The number of hydrogen-bond acceptors (Lipinski definition) is 8. The number of carbonyl (C=O) groups is 1. The lowest BCUT2D eigenvalue weighted by molar-refractivity contribution is 0.104. The molecule has 0 saturated heterocycles. The predicted octanol–water partition coefficient (Wildman–Crippen LogP) is 1.19. The zero-order valence-electron chi connectivity index (χ0n) is 12.0. The van der Waals surface area contributed by atoms with E-state index in [-0.39, 0.29) is 6.61 Å². The van der Waals surface area contributed by atoms with Crippen molar-refractivity contribution in [2.45, 2.75) is 27.7 Å². The molecule has 0 aromatic carbocycles. The molecule has 0 aliphatic rings. The number of halogens is 1. The Bertz CT molecular complexity index is 323. The van der Waals surface area contributed by atoms with Crippen LogP contribution in [0.25, 0.3) is 0 Å². The van der Waals surface area contributed by atoms with Crippen molar-refractivity contribution in [1.29, 1.82) is 0 Å². The van der Waals surface area contributed by atoms with Gasteiger partial charge >= 0.3 is 26.2 Å². The average Bonchev–Trinajstić information content (AvgIpc) is 2.28. The second-order valence-corrected chi connectivity index (χ2v) is 5.34. The molecule has 0 radical (unpaired) electrons. The van der Waals surface area contributed by atoms with Gasteiger partial charge in [0.2, 0.25) is 0 Å². The molecule has 0 spiro atoms. The maximum Gasteiger partial charge on any atom is 0.526 e. The molecule has 0 fully saturated rings. The number of rotatable bonds is 8. The van der Waals surface area contributed by atoms with Crippen LogP contribution in [0.3, 0.4) is 0 Å². The molecule has 0 heterocycles. The number of ether oxygens (including phenoxy) is 1. The molecule has 0 aromatic rings. The fourth-order valence-electron chi connectivity index (χ4n) is 0.776. The van der Waals surface area contributed by atoms with Crippen LogP contribution in [0.1, 0.15) is 27.7 Å². The lowest BCUT2D eigenvalue weighted by atomic mass is 10.9. The van der Waals surface area contributed by atoms with Crippen molar-refractivity contribution in [3.8, 4) is 0 Å². The van der Waals surface area contributed by atoms with Crippen LogP contribution in [0.2, 0.25) is 0 Å². The Morgan fingerprint density at radius 2 is 1.35 bits per heavy atom. The van der Waals surface area contributed by atoms with Crippen molar-refractivity contribution >= 4 is 26.2 Å². The van der Waals surface area contributed by atoms with Crippen LogP contribution in [0.15, 0.2) is 0 Å². The summed E-state index contributed by atoms with van der Waals surface area (Å²) in [6.45, 7) is 9.21. The molecule has 0 aromatic heterocycles. The summed E-state index contributed by atoms with van der Waals surface area (Å²) < 4.78 is 53.2. The summed E-state index contributed by atoms with van der Waals surface area (Å²) in [6, 6.07) is 0. The van der Waals surface area contributed by atoms with Crippen LogP contribution in [0, 0.1) is 0 Å². The Hall–Kier alpha value is -0.753. The first-order valence-corrected chi connectivity index (χ1v) is 8.68. The van der Waals surface area contributed by atoms with Crippen LogP contribution in [-0.4, -0.2) is 50.5 Å². The van der Waals surface area contributed by atoms with E-state index in [4.69, 9.17) is 13.3 Å². The van der Waals surface area contributed by atoms with Gasteiger partial charge in [-0.1, -0.05) is 3.89 Å². The molecule has 0 rings (SSSR count). The second kappa shape index (κ2) is 13.2. The van der Waals surface area contributed by atoms with E-state index in [9.17, 15) is 17.1 Å². The zero-order valence-corrected chi connectivity index (χ0v) is 13.9. The van der Waals surface area contributed by atoms with Gasteiger partial charge in [-0.25, -0.2) is 4.79 Å². The maximum absolute atomic E-state index is 11.4. The average molecular weight is 336 g/mol. The summed E-state index contributed by atoms with van der Waals surface area (Å²) in [5.74, 6) is 0. The molecule has 8 nitrogen and oxygen atoms in total. The van der Waals surface area contributed by atoms with Crippen molar-refractivity contribution in [3.63, 3.8) is 0 Å². The van der Waals surface area contributed by atoms with E-state index in [0.29, 0.717) is 19.8 Å². The SMILES string of the molecule is CCOC(=O)OS(=O)(=O)F.CCO[SiH](OCC)OCC. The van der Waals surface area contributed by atoms with Gasteiger partial charge in [-0.15, -0.1) is 0 Å². The molecule has 0 unspecified atom stereocenters. The van der Waals surface area contributed by atoms with Gasteiger partial charge in [-0.3, -0.25) is 4.18 Å². The molecular weight excluding hydrogens is 315 g/mol. The van der Waals surface area contributed by atoms with Crippen LogP contribution < -0.4 is 0 Å². The third kappa shape index (κ3) is 17.2. The number of hydrogen-bond donors (Lipinski definition) is 0. The van der Waals surface area contributed by atoms with E-state index >= 15 is 0 Å². The Balaban J connectivity index is 0. The summed E-state index contributed by atoms with van der Waals surface area (Å²) >= 11 is 0. The molecule has 122 valence electrons. The largest absolute Gasteiger partial charge is 0.526 e. The molecule has 0 aliphatic heterocycles. The van der Waals surface area contributed by atoms with Gasteiger partial charge < -0.3 is 18.0 Å². The van der Waals surface area contributed by atoms with Gasteiger partial charge in [-0.05, 0) is 27.7 Å². The Kier molecular flexibility index (Phi) is 14.3. The summed E-state index contributed by atoms with van der Waals surface area (Å²) in [5.41, 5.74) is 0. The van der Waals surface area contributed by atoms with E-state index in [1.54, 1.807) is 0 Å². The molecular formula is C9H21FO8SSi. The summed E-state index contributed by atoms with van der Waals surface area (Å²) in [7, 11) is -6.95. The van der Waals surface area contributed by atoms with Crippen molar-refractivity contribution < 1.29 is 39.3 Å². The smallest absolute Gasteiger partial charge is 0.434 e. The van der Waals surface area contributed by atoms with E-state index in [1.807, 2.05) is 20.8 Å². The van der Waals surface area contributed by atoms with E-state index in [0.717, 1.165) is 0 Å². The molecule has 0 saturated carbocycles. The van der Waals surface area contributed by atoms with Gasteiger partial charge in [0.05, 0.1) is 6.61 Å². The van der Waals surface area contributed by atoms with Crippen LogP contribution in [-0.2, 0) is 32.7 Å². The summed E-state index contributed by atoms with van der Waals surface area (Å²) in [6.07, 6.45) is -1.56. The highest BCUT2D eigenvalue weighted by molar-refractivity contribution is 7.81. The van der Waals surface area contributed by atoms with Crippen LogP contribution in [0.5, 0.6) is 0 Å². The first-order chi connectivity index (χ1) is 9.30. The molecule has 0 aliphatic carbocycles. The molecule has 0 bridgehead atoms. The highest BCUT2D eigenvalue weighted by Crippen LogP contribution is 1.96. The lowest BCUT2D eigenvalue weighted by Crippen LogP contribution is -2.27. The fourth-order valence-corrected chi connectivity index (χ4v) is 2.09. The number of carbonyl (C=O) groups excluding carboxylic acids is 1. The quantitative estimate of drug-likeness (QED) is 0.370. The minimum atomic E-state index is -5.22. The molecule has 0 amide bonds. The second-order valence-electron chi connectivity index (χ2n) is 2.81. The predicted molar refractivity (Wildman–Crippen MR) is 70.2 cm³/mol. The van der Waals surface area contributed by atoms with E-state index in [1.165, 1.54) is 6.92 Å². The first-order valence-electron chi connectivity index (χ1n) is 5.96. The van der Waals surface area contributed by atoms with Gasteiger partial charge in [-0.2, -0.15) is 8.42 Å². The third-order valence-electron chi connectivity index (χ3n) is 1.34. The van der Waals surface area contributed by atoms with E-state index < -0.39 is 26.2 Å². The van der Waals surface area contributed by atoms with Gasteiger partial charge in [0.25, 0.3) is 0 Å². The van der Waals surface area contributed by atoms with Crippen molar-refractivity contribution in [2.24, 2.45) is 0 Å². The lowest BCUT2D eigenvalue weighted by Gasteiger charge is -2.12. The minimum absolute atomic E-state index is 0.0750. The van der Waals surface area contributed by atoms with Gasteiger partial charge in [0.1, 0.15) is 0 Å². The summed E-state index contributed by atoms with van der Waals surface area (Å²) in [4.78, 5) is 10.00. The maximum atomic E-state index is 11.4. The van der Waals surface area contributed by atoms with E-state index in [2.05, 4.69) is 8.92 Å². The monoisotopic (exact) mass is 336 g/mol. The first kappa shape index (κ1) is 21.5. The molecule has 0 atom stereocenters. The molecule has 0 N–H and O–H groups in total. The Labute approximate surface area is 120 Å². The Morgan fingerprint density at radius 1 is 0.950 bits per heavy atom. The Morgan fingerprint density at radius 3 is 1.60 bits per heavy atom. The standard InChI is InChI=1S/C6H16O3Si.C3H5FO5S/c1-4-7-10(8-5-2)9-6-3;1-2-8-3(5)9-10(4,6)7/h10H,4-6H2,1-3H3;2H2,1H3. The summed E-state index contributed by atoms with van der Waals surface area (Å²) in [5, 5.41) is 0.